The van der Waals surface area contributed by atoms with Gasteiger partial charge in [0.05, 0.1) is 31.4 Å². The predicted molar refractivity (Wildman–Crippen MR) is 95.4 cm³/mol. The van der Waals surface area contributed by atoms with Gasteiger partial charge in [0.2, 0.25) is 0 Å². The third kappa shape index (κ3) is 4.53. The second-order valence-electron chi connectivity index (χ2n) is 6.99. The molecule has 142 valence electrons. The molecule has 0 aromatic heterocycles. The van der Waals surface area contributed by atoms with E-state index in [1.54, 1.807) is 12.1 Å². The van der Waals surface area contributed by atoms with Crippen LogP contribution in [0, 0.1) is 5.92 Å². The Morgan fingerprint density at radius 1 is 1.23 bits per heavy atom. The first kappa shape index (κ1) is 18.7. The van der Waals surface area contributed by atoms with E-state index >= 15 is 0 Å². The summed E-state index contributed by atoms with van der Waals surface area (Å²) in [7, 11) is 1.30. The van der Waals surface area contributed by atoms with Gasteiger partial charge >= 0.3 is 5.97 Å². The van der Waals surface area contributed by atoms with Gasteiger partial charge in [-0.2, -0.15) is 0 Å². The van der Waals surface area contributed by atoms with Crippen LogP contribution in [0.4, 0.5) is 0 Å². The summed E-state index contributed by atoms with van der Waals surface area (Å²) < 4.78 is 10.6. The van der Waals surface area contributed by atoms with E-state index < -0.39 is 12.1 Å². The molecule has 0 bridgehead atoms. The Kier molecular flexibility index (Phi) is 6.11. The third-order valence-corrected chi connectivity index (χ3v) is 5.06. The molecule has 1 saturated carbocycles. The summed E-state index contributed by atoms with van der Waals surface area (Å²) in [5.41, 5.74) is 0.584. The maximum Gasteiger partial charge on any atom is 0.338 e. The highest BCUT2D eigenvalue weighted by Crippen LogP contribution is 2.28. The summed E-state index contributed by atoms with van der Waals surface area (Å²) in [5, 5.41) is 16.0. The number of carbonyl (C=O) groups excluding carboxylic acids is 2. The van der Waals surface area contributed by atoms with Gasteiger partial charge in [-0.1, -0.05) is 6.42 Å². The molecule has 2 fully saturated rings. The molecule has 3 N–H and O–H groups in total. The lowest BCUT2D eigenvalue weighted by Gasteiger charge is -2.29. The standard InChI is InChI=1S/C19H26N2O5/c1-25-19(24)14-7-13(8-15(9-14)26-11-12-3-2-4-12)18(23)21-16-10-20-6-5-17(16)22/h7-9,12,16-17,20,22H,2-6,10-11H2,1H3,(H,21,23)/t16-,17-/m1/s1. The molecule has 3 rings (SSSR count). The van der Waals surface area contributed by atoms with Crippen LogP contribution in [0.5, 0.6) is 5.75 Å². The van der Waals surface area contributed by atoms with Gasteiger partial charge in [0.1, 0.15) is 5.75 Å². The van der Waals surface area contributed by atoms with Crippen molar-refractivity contribution in [3.05, 3.63) is 29.3 Å². The van der Waals surface area contributed by atoms with Crippen molar-refractivity contribution in [3.63, 3.8) is 0 Å². The highest BCUT2D eigenvalue weighted by molar-refractivity contribution is 5.98. The Hall–Kier alpha value is -2.12. The number of piperidine rings is 1. The second-order valence-corrected chi connectivity index (χ2v) is 6.99. The molecule has 1 aromatic carbocycles. The molecular formula is C19H26N2O5. The Morgan fingerprint density at radius 3 is 2.65 bits per heavy atom. The fourth-order valence-corrected chi connectivity index (χ4v) is 3.17. The number of aliphatic hydroxyl groups is 1. The second kappa shape index (κ2) is 8.51. The number of hydrogen-bond acceptors (Lipinski definition) is 6. The number of carbonyl (C=O) groups is 2. The number of rotatable bonds is 6. The zero-order valence-electron chi connectivity index (χ0n) is 15.0. The molecule has 1 aliphatic heterocycles. The average molecular weight is 362 g/mol. The lowest BCUT2D eigenvalue weighted by Crippen LogP contribution is -2.53. The molecule has 1 saturated heterocycles. The molecule has 2 aliphatic rings. The van der Waals surface area contributed by atoms with Crippen molar-refractivity contribution >= 4 is 11.9 Å². The van der Waals surface area contributed by atoms with E-state index in [1.165, 1.54) is 19.6 Å². The topological polar surface area (TPSA) is 96.9 Å². The molecule has 0 unspecified atom stereocenters. The highest BCUT2D eigenvalue weighted by atomic mass is 16.5. The minimum absolute atomic E-state index is 0.270. The van der Waals surface area contributed by atoms with E-state index in [4.69, 9.17) is 9.47 Å². The van der Waals surface area contributed by atoms with Gasteiger partial charge < -0.3 is 25.2 Å². The molecule has 26 heavy (non-hydrogen) atoms. The highest BCUT2D eigenvalue weighted by Gasteiger charge is 2.25. The van der Waals surface area contributed by atoms with Crippen LogP contribution in [0.15, 0.2) is 18.2 Å². The molecule has 7 nitrogen and oxygen atoms in total. The maximum absolute atomic E-state index is 12.6. The van der Waals surface area contributed by atoms with E-state index in [-0.39, 0.29) is 17.5 Å². The first-order valence-electron chi connectivity index (χ1n) is 9.12. The first-order chi connectivity index (χ1) is 12.6. The molecule has 1 aliphatic carbocycles. The van der Waals surface area contributed by atoms with Crippen LogP contribution >= 0.6 is 0 Å². The fourth-order valence-electron chi connectivity index (χ4n) is 3.17. The smallest absolute Gasteiger partial charge is 0.338 e. The zero-order valence-corrected chi connectivity index (χ0v) is 15.0. The van der Waals surface area contributed by atoms with Crippen LogP contribution in [-0.2, 0) is 4.74 Å². The third-order valence-electron chi connectivity index (χ3n) is 5.06. The van der Waals surface area contributed by atoms with Crippen LogP contribution in [0.2, 0.25) is 0 Å². The van der Waals surface area contributed by atoms with Crippen LogP contribution < -0.4 is 15.4 Å². The Morgan fingerprint density at radius 2 is 2.00 bits per heavy atom. The molecule has 1 aromatic rings. The van der Waals surface area contributed by atoms with Gasteiger partial charge in [-0.25, -0.2) is 4.79 Å². The van der Waals surface area contributed by atoms with Gasteiger partial charge in [-0.05, 0) is 49.9 Å². The SMILES string of the molecule is COC(=O)c1cc(OCC2CCC2)cc(C(=O)N[C@@H]2CNCC[C@H]2O)c1. The van der Waals surface area contributed by atoms with Crippen molar-refractivity contribution in [1.29, 1.82) is 0 Å². The molecule has 1 amide bonds. The normalized spacial score (nSPS) is 23.0. The Bertz CT molecular complexity index is 659. The Labute approximate surface area is 153 Å². The van der Waals surface area contributed by atoms with Crippen molar-refractivity contribution in [1.82, 2.24) is 10.6 Å². The van der Waals surface area contributed by atoms with Crippen molar-refractivity contribution < 1.29 is 24.2 Å². The number of aliphatic hydroxyl groups excluding tert-OH is 1. The lowest BCUT2D eigenvalue weighted by atomic mass is 9.86. The van der Waals surface area contributed by atoms with E-state index in [0.717, 1.165) is 19.4 Å². The zero-order chi connectivity index (χ0) is 18.5. The largest absolute Gasteiger partial charge is 0.493 e. The van der Waals surface area contributed by atoms with Crippen molar-refractivity contribution in [3.8, 4) is 5.75 Å². The molecule has 0 spiro atoms. The summed E-state index contributed by atoms with van der Waals surface area (Å²) in [6.07, 6.45) is 3.52. The average Bonchev–Trinajstić information content (AvgIpc) is 2.61. The number of ether oxygens (including phenoxy) is 2. The summed E-state index contributed by atoms with van der Waals surface area (Å²) in [6.45, 7) is 1.82. The quantitative estimate of drug-likeness (QED) is 0.656. The lowest BCUT2D eigenvalue weighted by molar-refractivity contribution is 0.0600. The number of methoxy groups -OCH3 is 1. The van der Waals surface area contributed by atoms with E-state index in [0.29, 0.717) is 36.8 Å². The summed E-state index contributed by atoms with van der Waals surface area (Å²) >= 11 is 0. The van der Waals surface area contributed by atoms with Gasteiger partial charge in [0.15, 0.2) is 0 Å². The summed E-state index contributed by atoms with van der Waals surface area (Å²) in [4.78, 5) is 24.6. The van der Waals surface area contributed by atoms with Crippen molar-refractivity contribution in [2.75, 3.05) is 26.8 Å². The number of hydrogen-bond donors (Lipinski definition) is 3. The summed E-state index contributed by atoms with van der Waals surface area (Å²) in [6, 6.07) is 4.35. The van der Waals surface area contributed by atoms with Crippen molar-refractivity contribution in [2.45, 2.75) is 37.8 Å². The van der Waals surface area contributed by atoms with Crippen LogP contribution in [-0.4, -0.2) is 55.9 Å². The first-order valence-corrected chi connectivity index (χ1v) is 9.12. The van der Waals surface area contributed by atoms with Gasteiger partial charge in [-0.3, -0.25) is 4.79 Å². The fraction of sp³-hybridized carbons (Fsp3) is 0.579. The minimum atomic E-state index is -0.585. The number of esters is 1. The van der Waals surface area contributed by atoms with Crippen LogP contribution in [0.1, 0.15) is 46.4 Å². The monoisotopic (exact) mass is 362 g/mol. The molecular weight excluding hydrogens is 336 g/mol. The van der Waals surface area contributed by atoms with Gasteiger partial charge in [0, 0.05) is 12.1 Å². The van der Waals surface area contributed by atoms with Crippen LogP contribution in [0.25, 0.3) is 0 Å². The number of benzene rings is 1. The minimum Gasteiger partial charge on any atom is -0.493 e. The number of amides is 1. The van der Waals surface area contributed by atoms with E-state index in [2.05, 4.69) is 10.6 Å². The maximum atomic E-state index is 12.6. The molecule has 2 atom stereocenters. The molecule has 0 radical (unpaired) electrons. The Balaban J connectivity index is 1.74. The van der Waals surface area contributed by atoms with Gasteiger partial charge in [-0.15, -0.1) is 0 Å². The van der Waals surface area contributed by atoms with Gasteiger partial charge in [0.25, 0.3) is 5.91 Å². The van der Waals surface area contributed by atoms with E-state index in [9.17, 15) is 14.7 Å². The van der Waals surface area contributed by atoms with Crippen molar-refractivity contribution in [2.24, 2.45) is 5.92 Å². The van der Waals surface area contributed by atoms with Crippen LogP contribution in [0.3, 0.4) is 0 Å². The molecule has 7 heteroatoms. The van der Waals surface area contributed by atoms with E-state index in [1.807, 2.05) is 0 Å². The summed E-state index contributed by atoms with van der Waals surface area (Å²) in [5.74, 6) is 0.147. The predicted octanol–water partition coefficient (Wildman–Crippen LogP) is 1.10. The molecule has 1 heterocycles. The number of nitrogens with one attached hydrogen (secondary N) is 2.